The predicted molar refractivity (Wildman–Crippen MR) is 66.2 cm³/mol. The second-order valence-corrected chi connectivity index (χ2v) is 5.81. The molecule has 0 bridgehead atoms. The summed E-state index contributed by atoms with van der Waals surface area (Å²) in [4.78, 5) is 13.9. The molecule has 1 heterocycles. The van der Waals surface area contributed by atoms with Crippen molar-refractivity contribution in [3.63, 3.8) is 0 Å². The van der Waals surface area contributed by atoms with Gasteiger partial charge in [-0.2, -0.15) is 0 Å². The molecular formula is C12H18N2OS. The highest BCUT2D eigenvalue weighted by Crippen LogP contribution is 2.26. The van der Waals surface area contributed by atoms with Gasteiger partial charge in [0.2, 0.25) is 5.91 Å². The zero-order valence-electron chi connectivity index (χ0n) is 9.53. The van der Waals surface area contributed by atoms with Crippen LogP contribution in [-0.4, -0.2) is 11.9 Å². The highest BCUT2D eigenvalue weighted by molar-refractivity contribution is 7.11. The lowest BCUT2D eigenvalue weighted by Crippen LogP contribution is -2.38. The number of carbonyl (C=O) groups is 1. The van der Waals surface area contributed by atoms with Crippen molar-refractivity contribution in [2.75, 3.05) is 0 Å². The van der Waals surface area contributed by atoms with Crippen LogP contribution >= 0.6 is 11.3 Å². The number of nitrogens with two attached hydrogens (primary N) is 1. The van der Waals surface area contributed by atoms with Gasteiger partial charge in [-0.15, -0.1) is 11.3 Å². The number of rotatable bonds is 4. The molecule has 88 valence electrons. The van der Waals surface area contributed by atoms with Crippen molar-refractivity contribution in [1.82, 2.24) is 5.32 Å². The minimum atomic E-state index is -0.155. The van der Waals surface area contributed by atoms with Crippen LogP contribution in [0.15, 0.2) is 12.1 Å². The second kappa shape index (κ2) is 4.97. The second-order valence-electron chi connectivity index (χ2n) is 4.44. The molecule has 0 spiro atoms. The Kier molecular flexibility index (Phi) is 3.61. The van der Waals surface area contributed by atoms with Crippen LogP contribution in [0.1, 0.15) is 29.0 Å². The van der Waals surface area contributed by atoms with E-state index in [2.05, 4.69) is 24.4 Å². The maximum atomic E-state index is 11.2. The number of thiophene rings is 1. The molecule has 2 rings (SSSR count). The SMILES string of the molecule is Cc1ccc(CNC2CCCC2C(N)=O)s1. The molecule has 1 aliphatic rings. The van der Waals surface area contributed by atoms with Crippen LogP contribution in [-0.2, 0) is 11.3 Å². The van der Waals surface area contributed by atoms with E-state index < -0.39 is 0 Å². The van der Waals surface area contributed by atoms with Gasteiger partial charge in [-0.3, -0.25) is 4.79 Å². The Morgan fingerprint density at radius 2 is 2.38 bits per heavy atom. The number of amides is 1. The highest BCUT2D eigenvalue weighted by atomic mass is 32.1. The topological polar surface area (TPSA) is 55.1 Å². The van der Waals surface area contributed by atoms with E-state index in [9.17, 15) is 4.79 Å². The van der Waals surface area contributed by atoms with E-state index in [1.54, 1.807) is 11.3 Å². The van der Waals surface area contributed by atoms with Crippen LogP contribution in [0.5, 0.6) is 0 Å². The van der Waals surface area contributed by atoms with Gasteiger partial charge in [0.25, 0.3) is 0 Å². The minimum absolute atomic E-state index is 0.0288. The van der Waals surface area contributed by atoms with Crippen molar-refractivity contribution in [2.45, 2.75) is 38.8 Å². The molecule has 0 radical (unpaired) electrons. The van der Waals surface area contributed by atoms with Crippen molar-refractivity contribution < 1.29 is 4.79 Å². The molecule has 1 fully saturated rings. The van der Waals surface area contributed by atoms with Crippen molar-refractivity contribution in [1.29, 1.82) is 0 Å². The van der Waals surface area contributed by atoms with Crippen LogP contribution < -0.4 is 11.1 Å². The fourth-order valence-corrected chi connectivity index (χ4v) is 3.20. The molecule has 3 N–H and O–H groups in total. The van der Waals surface area contributed by atoms with E-state index in [-0.39, 0.29) is 17.9 Å². The maximum Gasteiger partial charge on any atom is 0.222 e. The van der Waals surface area contributed by atoms with Crippen LogP contribution in [0.3, 0.4) is 0 Å². The molecule has 0 aliphatic heterocycles. The Morgan fingerprint density at radius 1 is 1.56 bits per heavy atom. The zero-order valence-corrected chi connectivity index (χ0v) is 10.3. The summed E-state index contributed by atoms with van der Waals surface area (Å²) in [6.07, 6.45) is 3.11. The average molecular weight is 238 g/mol. The van der Waals surface area contributed by atoms with Crippen molar-refractivity contribution in [2.24, 2.45) is 11.7 Å². The summed E-state index contributed by atoms with van der Waals surface area (Å²) in [5, 5.41) is 3.45. The van der Waals surface area contributed by atoms with Gasteiger partial charge in [-0.05, 0) is 31.9 Å². The van der Waals surface area contributed by atoms with Gasteiger partial charge >= 0.3 is 0 Å². The molecule has 1 amide bonds. The van der Waals surface area contributed by atoms with Gasteiger partial charge in [-0.25, -0.2) is 0 Å². The lowest BCUT2D eigenvalue weighted by atomic mass is 10.0. The molecule has 1 aromatic heterocycles. The summed E-state index contributed by atoms with van der Waals surface area (Å²) in [5.74, 6) is -0.126. The molecule has 1 aromatic rings. The summed E-state index contributed by atoms with van der Waals surface area (Å²) in [6.45, 7) is 2.96. The standard InChI is InChI=1S/C12H18N2OS/c1-8-5-6-9(16-8)7-14-11-4-2-3-10(11)12(13)15/h5-6,10-11,14H,2-4,7H2,1H3,(H2,13,15). The first-order valence-electron chi connectivity index (χ1n) is 5.75. The summed E-state index contributed by atoms with van der Waals surface area (Å²) in [7, 11) is 0. The lowest BCUT2D eigenvalue weighted by Gasteiger charge is -2.17. The molecule has 0 saturated heterocycles. The fourth-order valence-electron chi connectivity index (χ4n) is 2.36. The quantitative estimate of drug-likeness (QED) is 0.840. The molecular weight excluding hydrogens is 220 g/mol. The molecule has 0 aromatic carbocycles. The van der Waals surface area contributed by atoms with Gasteiger partial charge in [0, 0.05) is 22.3 Å². The normalized spacial score (nSPS) is 24.8. The fraction of sp³-hybridized carbons (Fsp3) is 0.583. The lowest BCUT2D eigenvalue weighted by molar-refractivity contribution is -0.122. The smallest absolute Gasteiger partial charge is 0.222 e. The van der Waals surface area contributed by atoms with Gasteiger partial charge in [-0.1, -0.05) is 6.42 Å². The first-order valence-corrected chi connectivity index (χ1v) is 6.56. The van der Waals surface area contributed by atoms with E-state index >= 15 is 0 Å². The van der Waals surface area contributed by atoms with Crippen LogP contribution in [0.2, 0.25) is 0 Å². The predicted octanol–water partition coefficient (Wildman–Crippen LogP) is 1.80. The Balaban J connectivity index is 1.87. The van der Waals surface area contributed by atoms with Crippen molar-refractivity contribution >= 4 is 17.2 Å². The average Bonchev–Trinajstić information content (AvgIpc) is 2.83. The van der Waals surface area contributed by atoms with Gasteiger partial charge < -0.3 is 11.1 Å². The monoisotopic (exact) mass is 238 g/mol. The Hall–Kier alpha value is -0.870. The maximum absolute atomic E-state index is 11.2. The number of aryl methyl sites for hydroxylation is 1. The third-order valence-electron chi connectivity index (χ3n) is 3.22. The molecule has 2 unspecified atom stereocenters. The molecule has 4 heteroatoms. The Labute approximate surface area is 100 Å². The van der Waals surface area contributed by atoms with Crippen LogP contribution in [0.4, 0.5) is 0 Å². The molecule has 2 atom stereocenters. The van der Waals surface area contributed by atoms with E-state index in [1.165, 1.54) is 9.75 Å². The van der Waals surface area contributed by atoms with E-state index in [0.717, 1.165) is 25.8 Å². The van der Waals surface area contributed by atoms with Crippen molar-refractivity contribution in [3.05, 3.63) is 21.9 Å². The van der Waals surface area contributed by atoms with E-state index in [0.29, 0.717) is 0 Å². The number of hydrogen-bond donors (Lipinski definition) is 2. The third-order valence-corrected chi connectivity index (χ3v) is 4.22. The summed E-state index contributed by atoms with van der Waals surface area (Å²) >= 11 is 1.80. The molecule has 1 saturated carbocycles. The molecule has 16 heavy (non-hydrogen) atoms. The largest absolute Gasteiger partial charge is 0.369 e. The van der Waals surface area contributed by atoms with E-state index in [1.807, 2.05) is 0 Å². The van der Waals surface area contributed by atoms with Crippen molar-refractivity contribution in [3.8, 4) is 0 Å². The van der Waals surface area contributed by atoms with Gasteiger partial charge in [0.1, 0.15) is 0 Å². The number of hydrogen-bond acceptors (Lipinski definition) is 3. The van der Waals surface area contributed by atoms with E-state index in [4.69, 9.17) is 5.73 Å². The summed E-state index contributed by atoms with van der Waals surface area (Å²) < 4.78 is 0. The number of nitrogens with one attached hydrogen (secondary N) is 1. The molecule has 3 nitrogen and oxygen atoms in total. The number of primary amides is 1. The van der Waals surface area contributed by atoms with Crippen LogP contribution in [0.25, 0.3) is 0 Å². The number of carbonyl (C=O) groups excluding carboxylic acids is 1. The first kappa shape index (κ1) is 11.6. The van der Waals surface area contributed by atoms with Gasteiger partial charge in [0.15, 0.2) is 0 Å². The Morgan fingerprint density at radius 3 is 3.00 bits per heavy atom. The summed E-state index contributed by atoms with van der Waals surface area (Å²) in [5.41, 5.74) is 5.38. The third kappa shape index (κ3) is 2.62. The zero-order chi connectivity index (χ0) is 11.5. The first-order chi connectivity index (χ1) is 7.66. The van der Waals surface area contributed by atoms with Crippen LogP contribution in [0, 0.1) is 12.8 Å². The van der Waals surface area contributed by atoms with Gasteiger partial charge in [0.05, 0.1) is 5.92 Å². The molecule has 1 aliphatic carbocycles. The summed E-state index contributed by atoms with van der Waals surface area (Å²) in [6, 6.07) is 4.54. The highest BCUT2D eigenvalue weighted by Gasteiger charge is 2.30. The minimum Gasteiger partial charge on any atom is -0.369 e. The Bertz CT molecular complexity index is 375.